The minimum absolute atomic E-state index is 0.0599. The Morgan fingerprint density at radius 1 is 1.06 bits per heavy atom. The number of carbonyl (C=O) groups is 1. The number of fused-ring (bicyclic) bond motifs is 1. The molecular formula is C25H29NO5. The van der Waals surface area contributed by atoms with Gasteiger partial charge in [-0.2, -0.15) is 0 Å². The fraction of sp³-hybridized carbons (Fsp3) is 0.360. The van der Waals surface area contributed by atoms with Gasteiger partial charge in [-0.3, -0.25) is 4.79 Å². The van der Waals surface area contributed by atoms with Crippen molar-refractivity contribution >= 4 is 22.6 Å². The van der Waals surface area contributed by atoms with Gasteiger partial charge in [-0.15, -0.1) is 0 Å². The molecule has 0 radical (unpaired) electrons. The maximum Gasteiger partial charge on any atom is 0.339 e. The van der Waals surface area contributed by atoms with Crippen LogP contribution in [0.25, 0.3) is 11.0 Å². The monoisotopic (exact) mass is 423 g/mol. The molecule has 3 rings (SSSR count). The first-order valence-electron chi connectivity index (χ1n) is 10.2. The number of hydrogen-bond donors (Lipinski definition) is 1. The molecular weight excluding hydrogens is 394 g/mol. The molecule has 6 nitrogen and oxygen atoms in total. The first-order chi connectivity index (χ1) is 14.6. The first kappa shape index (κ1) is 22.4. The van der Waals surface area contributed by atoms with Crippen molar-refractivity contribution in [3.05, 3.63) is 63.5 Å². The quantitative estimate of drug-likeness (QED) is 0.565. The van der Waals surface area contributed by atoms with Crippen molar-refractivity contribution in [2.24, 2.45) is 0 Å². The Morgan fingerprint density at radius 3 is 2.45 bits per heavy atom. The van der Waals surface area contributed by atoms with Gasteiger partial charge in [-0.05, 0) is 54.2 Å². The van der Waals surface area contributed by atoms with E-state index >= 15 is 0 Å². The van der Waals surface area contributed by atoms with Crippen LogP contribution in [0.4, 0.5) is 5.69 Å². The third-order valence-corrected chi connectivity index (χ3v) is 5.44. The molecule has 0 bridgehead atoms. The molecule has 0 saturated carbocycles. The Balaban J connectivity index is 1.80. The van der Waals surface area contributed by atoms with Crippen LogP contribution in [0.2, 0.25) is 0 Å². The second-order valence-corrected chi connectivity index (χ2v) is 8.57. The fourth-order valence-electron chi connectivity index (χ4n) is 3.51. The van der Waals surface area contributed by atoms with E-state index in [4.69, 9.17) is 13.9 Å². The summed E-state index contributed by atoms with van der Waals surface area (Å²) in [4.78, 5) is 25.2. The average molecular weight is 424 g/mol. The van der Waals surface area contributed by atoms with Crippen LogP contribution in [0.15, 0.2) is 45.6 Å². The lowest BCUT2D eigenvalue weighted by Gasteiger charge is -2.21. The first-order valence-corrected chi connectivity index (χ1v) is 10.2. The van der Waals surface area contributed by atoms with Crippen molar-refractivity contribution in [3.8, 4) is 11.5 Å². The van der Waals surface area contributed by atoms with Gasteiger partial charge in [0, 0.05) is 23.4 Å². The standard InChI is InChI=1S/C25H29NO5/c1-15-18-9-8-17(29-5)14-22(18)31-24(28)19(15)10-12-23(27)26-20-13-16(25(2,3)4)7-11-21(20)30-6/h7-9,11,13-14H,10,12H2,1-6H3,(H,26,27). The summed E-state index contributed by atoms with van der Waals surface area (Å²) in [5.41, 5.74) is 3.00. The Hall–Kier alpha value is -3.28. The lowest BCUT2D eigenvalue weighted by atomic mass is 9.87. The highest BCUT2D eigenvalue weighted by atomic mass is 16.5. The van der Waals surface area contributed by atoms with Crippen LogP contribution in [0.3, 0.4) is 0 Å². The highest BCUT2D eigenvalue weighted by Crippen LogP contribution is 2.31. The average Bonchev–Trinajstić information content (AvgIpc) is 2.72. The van der Waals surface area contributed by atoms with Crippen molar-refractivity contribution in [2.75, 3.05) is 19.5 Å². The molecule has 0 spiro atoms. The van der Waals surface area contributed by atoms with E-state index in [9.17, 15) is 9.59 Å². The van der Waals surface area contributed by atoms with Gasteiger partial charge in [0.05, 0.1) is 19.9 Å². The molecule has 1 aromatic heterocycles. The summed E-state index contributed by atoms with van der Waals surface area (Å²) in [6.07, 6.45) is 0.430. The predicted octanol–water partition coefficient (Wildman–Crippen LogP) is 4.99. The molecule has 0 saturated heterocycles. The zero-order valence-corrected chi connectivity index (χ0v) is 18.9. The molecule has 3 aromatic rings. The molecule has 1 N–H and O–H groups in total. The van der Waals surface area contributed by atoms with Crippen LogP contribution in [0, 0.1) is 6.92 Å². The van der Waals surface area contributed by atoms with Gasteiger partial charge >= 0.3 is 5.63 Å². The molecule has 6 heteroatoms. The van der Waals surface area contributed by atoms with Crippen molar-refractivity contribution in [2.45, 2.75) is 46.0 Å². The largest absolute Gasteiger partial charge is 0.497 e. The Labute approximate surface area is 182 Å². The van der Waals surface area contributed by atoms with Gasteiger partial charge in [0.15, 0.2) is 0 Å². The summed E-state index contributed by atoms with van der Waals surface area (Å²) in [5.74, 6) is 1.02. The third-order valence-electron chi connectivity index (χ3n) is 5.44. The maximum absolute atomic E-state index is 12.7. The Kier molecular flexibility index (Phi) is 6.39. The van der Waals surface area contributed by atoms with Crippen molar-refractivity contribution < 1.29 is 18.7 Å². The summed E-state index contributed by atoms with van der Waals surface area (Å²) in [6.45, 7) is 8.20. The Morgan fingerprint density at radius 2 is 1.81 bits per heavy atom. The topological polar surface area (TPSA) is 77.8 Å². The molecule has 0 aliphatic rings. The van der Waals surface area contributed by atoms with Crippen LogP contribution in [0.5, 0.6) is 11.5 Å². The number of amides is 1. The molecule has 31 heavy (non-hydrogen) atoms. The second-order valence-electron chi connectivity index (χ2n) is 8.57. The number of benzene rings is 2. The van der Waals surface area contributed by atoms with Gasteiger partial charge in [0.2, 0.25) is 5.91 Å². The van der Waals surface area contributed by atoms with E-state index < -0.39 is 5.63 Å². The number of carbonyl (C=O) groups excluding carboxylic acids is 1. The van der Waals surface area contributed by atoms with Crippen LogP contribution in [-0.4, -0.2) is 20.1 Å². The van der Waals surface area contributed by atoms with E-state index in [1.165, 1.54) is 0 Å². The van der Waals surface area contributed by atoms with Crippen LogP contribution in [0.1, 0.15) is 43.9 Å². The maximum atomic E-state index is 12.7. The minimum Gasteiger partial charge on any atom is -0.497 e. The molecule has 0 fully saturated rings. The van der Waals surface area contributed by atoms with Crippen molar-refractivity contribution in [1.29, 1.82) is 0 Å². The molecule has 0 aliphatic heterocycles. The molecule has 1 amide bonds. The smallest absolute Gasteiger partial charge is 0.339 e. The van der Waals surface area contributed by atoms with Crippen molar-refractivity contribution in [3.63, 3.8) is 0 Å². The second kappa shape index (κ2) is 8.84. The zero-order valence-electron chi connectivity index (χ0n) is 18.9. The van der Waals surface area contributed by atoms with Gasteiger partial charge in [-0.25, -0.2) is 4.79 Å². The molecule has 164 valence electrons. The number of hydrogen-bond acceptors (Lipinski definition) is 5. The molecule has 0 unspecified atom stereocenters. The van der Waals surface area contributed by atoms with Gasteiger partial charge < -0.3 is 19.2 Å². The van der Waals surface area contributed by atoms with Gasteiger partial charge in [0.1, 0.15) is 17.1 Å². The van der Waals surface area contributed by atoms with E-state index in [1.54, 1.807) is 20.3 Å². The van der Waals surface area contributed by atoms with Gasteiger partial charge in [0.25, 0.3) is 0 Å². The van der Waals surface area contributed by atoms with Crippen molar-refractivity contribution in [1.82, 2.24) is 0 Å². The van der Waals surface area contributed by atoms with E-state index in [-0.39, 0.29) is 24.2 Å². The third kappa shape index (κ3) is 4.90. The summed E-state index contributed by atoms with van der Waals surface area (Å²) < 4.78 is 16.1. The van der Waals surface area contributed by atoms with E-state index in [1.807, 2.05) is 37.3 Å². The predicted molar refractivity (Wildman–Crippen MR) is 122 cm³/mol. The minimum atomic E-state index is -0.432. The number of anilines is 1. The molecule has 0 atom stereocenters. The lowest BCUT2D eigenvalue weighted by molar-refractivity contribution is -0.116. The summed E-state index contributed by atoms with van der Waals surface area (Å²) in [7, 11) is 3.13. The molecule has 1 heterocycles. The van der Waals surface area contributed by atoms with Gasteiger partial charge in [-0.1, -0.05) is 26.8 Å². The number of nitrogens with one attached hydrogen (secondary N) is 1. The lowest BCUT2D eigenvalue weighted by Crippen LogP contribution is -2.18. The highest BCUT2D eigenvalue weighted by Gasteiger charge is 2.18. The zero-order chi connectivity index (χ0) is 22.8. The molecule has 0 aliphatic carbocycles. The van der Waals surface area contributed by atoms with Crippen LogP contribution < -0.4 is 20.4 Å². The SMILES string of the molecule is COc1ccc2c(C)c(CCC(=O)Nc3cc(C(C)(C)C)ccc3OC)c(=O)oc2c1. The normalized spacial score (nSPS) is 11.4. The summed E-state index contributed by atoms with van der Waals surface area (Å²) in [6, 6.07) is 11.1. The number of rotatable bonds is 6. The number of aryl methyl sites for hydroxylation is 1. The van der Waals surface area contributed by atoms with Crippen LogP contribution in [-0.2, 0) is 16.6 Å². The van der Waals surface area contributed by atoms with Crippen LogP contribution >= 0.6 is 0 Å². The summed E-state index contributed by atoms with van der Waals surface area (Å²) in [5, 5.41) is 3.75. The number of ether oxygens (including phenoxy) is 2. The Bertz CT molecular complexity index is 1170. The summed E-state index contributed by atoms with van der Waals surface area (Å²) >= 11 is 0. The van der Waals surface area contributed by atoms with E-state index in [0.29, 0.717) is 28.3 Å². The van der Waals surface area contributed by atoms with E-state index in [2.05, 4.69) is 26.1 Å². The molecule has 2 aromatic carbocycles. The van der Waals surface area contributed by atoms with E-state index in [0.717, 1.165) is 16.5 Å². The fourth-order valence-corrected chi connectivity index (χ4v) is 3.51. The highest BCUT2D eigenvalue weighted by molar-refractivity contribution is 5.92. The number of methoxy groups -OCH3 is 2.